The van der Waals surface area contributed by atoms with E-state index in [4.69, 9.17) is 4.74 Å². The number of carbonyl (C=O) groups is 1. The van der Waals surface area contributed by atoms with Gasteiger partial charge >= 0.3 is 5.97 Å². The monoisotopic (exact) mass is 300 g/mol. The summed E-state index contributed by atoms with van der Waals surface area (Å²) in [5.41, 5.74) is -0.328. The predicted molar refractivity (Wildman–Crippen MR) is 84.6 cm³/mol. The third kappa shape index (κ3) is 4.26. The van der Waals surface area contributed by atoms with Crippen molar-refractivity contribution in [2.24, 2.45) is 5.41 Å². The highest BCUT2D eigenvalue weighted by Gasteiger charge is 2.53. The molecule has 0 aromatic rings. The summed E-state index contributed by atoms with van der Waals surface area (Å²) in [7, 11) is 0. The highest BCUT2D eigenvalue weighted by Crippen LogP contribution is 2.47. The van der Waals surface area contributed by atoms with Gasteiger partial charge in [-0.2, -0.15) is 0 Å². The fraction of sp³-hybridized carbons (Fsp3) is 0.812. The number of ether oxygens (including phenoxy) is 1. The van der Waals surface area contributed by atoms with Gasteiger partial charge in [-0.1, -0.05) is 64.5 Å². The molecule has 1 rings (SSSR count). The molecule has 4 heteroatoms. The molecule has 3 nitrogen and oxygen atoms in total. The summed E-state index contributed by atoms with van der Waals surface area (Å²) in [5, 5.41) is 10.3. The molecule has 1 N–H and O–H groups in total. The standard InChI is InChI=1S/C16H28O3S/c1-6-7-8-9-10-11-12(17)16(5)13(18)19-14(20-16)15(2,3)4/h10-12,14,17H,6-9H2,1-5H3/t12?,14-,16-/m1/s1. The number of aliphatic hydroxyl groups excluding tert-OH is 1. The molecule has 1 unspecified atom stereocenters. The molecular formula is C16H28O3S. The summed E-state index contributed by atoms with van der Waals surface area (Å²) in [4.78, 5) is 12.1. The van der Waals surface area contributed by atoms with Gasteiger partial charge in [0.1, 0.15) is 4.75 Å². The van der Waals surface area contributed by atoms with E-state index in [2.05, 4.69) is 6.92 Å². The van der Waals surface area contributed by atoms with Gasteiger partial charge in [-0.15, -0.1) is 0 Å². The first kappa shape index (κ1) is 17.6. The summed E-state index contributed by atoms with van der Waals surface area (Å²) < 4.78 is 4.55. The Morgan fingerprint density at radius 3 is 2.60 bits per heavy atom. The molecule has 1 heterocycles. The second-order valence-corrected chi connectivity index (χ2v) is 8.21. The Hall–Kier alpha value is -0.480. The second kappa shape index (κ2) is 6.99. The molecule has 1 aliphatic rings. The molecule has 1 fully saturated rings. The van der Waals surface area contributed by atoms with E-state index in [-0.39, 0.29) is 16.8 Å². The van der Waals surface area contributed by atoms with E-state index in [9.17, 15) is 9.90 Å². The Bertz CT molecular complexity index is 359. The maximum atomic E-state index is 12.1. The van der Waals surface area contributed by atoms with Gasteiger partial charge in [-0.05, 0) is 19.8 Å². The van der Waals surface area contributed by atoms with E-state index in [1.165, 1.54) is 24.6 Å². The van der Waals surface area contributed by atoms with Gasteiger partial charge < -0.3 is 9.84 Å². The van der Waals surface area contributed by atoms with Crippen LogP contribution in [0.5, 0.6) is 0 Å². The third-order valence-corrected chi connectivity index (χ3v) is 5.45. The second-order valence-electron chi connectivity index (χ2n) is 6.70. The molecule has 0 spiro atoms. The van der Waals surface area contributed by atoms with Crippen molar-refractivity contribution >= 4 is 17.7 Å². The van der Waals surface area contributed by atoms with Crippen molar-refractivity contribution < 1.29 is 14.6 Å². The van der Waals surface area contributed by atoms with Crippen molar-refractivity contribution in [3.63, 3.8) is 0 Å². The van der Waals surface area contributed by atoms with Crippen molar-refractivity contribution in [1.82, 2.24) is 0 Å². The first-order valence-corrected chi connectivity index (χ1v) is 8.33. The van der Waals surface area contributed by atoms with E-state index in [1.54, 1.807) is 13.0 Å². The molecule has 0 bridgehead atoms. The number of rotatable bonds is 6. The molecule has 0 saturated carbocycles. The summed E-state index contributed by atoms with van der Waals surface area (Å²) in [6.45, 7) is 10.0. The molecule has 116 valence electrons. The number of aliphatic hydroxyl groups is 1. The molecule has 0 amide bonds. The normalized spacial score (nSPS) is 28.9. The molecule has 0 aromatic heterocycles. The summed E-state index contributed by atoms with van der Waals surface area (Å²) in [5.74, 6) is -0.312. The predicted octanol–water partition coefficient (Wildman–Crippen LogP) is 3.90. The van der Waals surface area contributed by atoms with E-state index in [1.807, 2.05) is 26.8 Å². The van der Waals surface area contributed by atoms with Gasteiger partial charge in [0.2, 0.25) is 0 Å². The van der Waals surface area contributed by atoms with Crippen LogP contribution in [0.25, 0.3) is 0 Å². The van der Waals surface area contributed by atoms with Crippen LogP contribution < -0.4 is 0 Å². The average molecular weight is 300 g/mol. The summed E-state index contributed by atoms with van der Waals surface area (Å²) >= 11 is 1.43. The van der Waals surface area contributed by atoms with Crippen molar-refractivity contribution in [3.8, 4) is 0 Å². The molecule has 1 aliphatic heterocycles. The number of hydrogen-bond acceptors (Lipinski definition) is 4. The van der Waals surface area contributed by atoms with Crippen LogP contribution >= 0.6 is 11.8 Å². The molecule has 1 saturated heterocycles. The fourth-order valence-corrected chi connectivity index (χ4v) is 3.27. The van der Waals surface area contributed by atoms with Gasteiger partial charge in [0.25, 0.3) is 0 Å². The highest BCUT2D eigenvalue weighted by atomic mass is 32.2. The molecule has 0 aromatic carbocycles. The Morgan fingerprint density at radius 2 is 2.10 bits per heavy atom. The van der Waals surface area contributed by atoms with Crippen LogP contribution in [0.1, 0.15) is 60.3 Å². The topological polar surface area (TPSA) is 46.5 Å². The zero-order valence-electron chi connectivity index (χ0n) is 13.3. The molecular weight excluding hydrogens is 272 g/mol. The van der Waals surface area contributed by atoms with E-state index in [0.717, 1.165) is 12.8 Å². The van der Waals surface area contributed by atoms with E-state index >= 15 is 0 Å². The molecule has 0 radical (unpaired) electrons. The number of thioether (sulfide) groups is 1. The van der Waals surface area contributed by atoms with Crippen LogP contribution in [0.3, 0.4) is 0 Å². The zero-order valence-corrected chi connectivity index (χ0v) is 14.1. The Morgan fingerprint density at radius 1 is 1.45 bits per heavy atom. The van der Waals surface area contributed by atoms with Gasteiger partial charge in [0.15, 0.2) is 5.44 Å². The van der Waals surface area contributed by atoms with Crippen molar-refractivity contribution in [3.05, 3.63) is 12.2 Å². The van der Waals surface area contributed by atoms with E-state index in [0.29, 0.717) is 0 Å². The van der Waals surface area contributed by atoms with Gasteiger partial charge in [-0.3, -0.25) is 4.79 Å². The average Bonchev–Trinajstić information content (AvgIpc) is 2.66. The van der Waals surface area contributed by atoms with Crippen LogP contribution in [-0.2, 0) is 9.53 Å². The number of cyclic esters (lactones) is 1. The fourth-order valence-electron chi connectivity index (χ4n) is 1.97. The minimum atomic E-state index is -0.890. The maximum absolute atomic E-state index is 12.1. The van der Waals surface area contributed by atoms with Crippen molar-refractivity contribution in [1.29, 1.82) is 0 Å². The minimum Gasteiger partial charge on any atom is -0.450 e. The molecule has 20 heavy (non-hydrogen) atoms. The quantitative estimate of drug-likeness (QED) is 0.459. The van der Waals surface area contributed by atoms with Crippen LogP contribution in [0.2, 0.25) is 0 Å². The van der Waals surface area contributed by atoms with Crippen LogP contribution in [0.15, 0.2) is 12.2 Å². The first-order valence-electron chi connectivity index (χ1n) is 7.45. The molecule has 3 atom stereocenters. The molecule has 0 aliphatic carbocycles. The van der Waals surface area contributed by atoms with Gasteiger partial charge in [0, 0.05) is 5.41 Å². The lowest BCUT2D eigenvalue weighted by Gasteiger charge is -2.26. The lowest BCUT2D eigenvalue weighted by Crippen LogP contribution is -2.39. The van der Waals surface area contributed by atoms with Crippen molar-refractivity contribution in [2.75, 3.05) is 0 Å². The Labute approximate surface area is 127 Å². The third-order valence-electron chi connectivity index (χ3n) is 3.54. The van der Waals surface area contributed by atoms with Gasteiger partial charge in [-0.25, -0.2) is 0 Å². The number of unbranched alkanes of at least 4 members (excludes halogenated alkanes) is 3. The lowest BCUT2D eigenvalue weighted by molar-refractivity contribution is -0.149. The SMILES string of the molecule is CCCCCC=CC(O)[C@@]1(C)S[C@H](C(C)(C)C)OC1=O. The van der Waals surface area contributed by atoms with Crippen LogP contribution in [-0.4, -0.2) is 27.4 Å². The highest BCUT2D eigenvalue weighted by molar-refractivity contribution is 8.02. The van der Waals surface area contributed by atoms with Crippen LogP contribution in [0, 0.1) is 5.41 Å². The van der Waals surface area contributed by atoms with E-state index < -0.39 is 10.9 Å². The number of allylic oxidation sites excluding steroid dienone is 1. The summed E-state index contributed by atoms with van der Waals surface area (Å²) in [6.07, 6.45) is 7.37. The zero-order chi connectivity index (χ0) is 15.4. The lowest BCUT2D eigenvalue weighted by atomic mass is 9.98. The number of esters is 1. The van der Waals surface area contributed by atoms with Gasteiger partial charge in [0.05, 0.1) is 6.10 Å². The summed E-state index contributed by atoms with van der Waals surface area (Å²) in [6, 6.07) is 0. The number of carbonyl (C=O) groups excluding carboxylic acids is 1. The Balaban J connectivity index is 2.62. The largest absolute Gasteiger partial charge is 0.450 e. The minimum absolute atomic E-state index is 0.122. The Kier molecular flexibility index (Phi) is 6.14. The first-order chi connectivity index (χ1) is 9.21. The number of hydrogen-bond donors (Lipinski definition) is 1. The van der Waals surface area contributed by atoms with Crippen molar-refractivity contribution in [2.45, 2.75) is 76.6 Å². The maximum Gasteiger partial charge on any atom is 0.326 e. The van der Waals surface area contributed by atoms with Crippen LogP contribution in [0.4, 0.5) is 0 Å². The smallest absolute Gasteiger partial charge is 0.326 e.